The predicted molar refractivity (Wildman–Crippen MR) is 85.1 cm³/mol. The maximum Gasteiger partial charge on any atom is 0.193 e. The molecule has 0 bridgehead atoms. The third-order valence-corrected chi connectivity index (χ3v) is 4.32. The molecular formula is C16H14BrClO2. The van der Waals surface area contributed by atoms with Crippen LogP contribution in [-0.2, 0) is 0 Å². The number of methoxy groups -OCH3 is 1. The van der Waals surface area contributed by atoms with Crippen LogP contribution in [0.3, 0.4) is 0 Å². The number of ketones is 1. The van der Waals surface area contributed by atoms with Crippen LogP contribution in [0.4, 0.5) is 0 Å². The summed E-state index contributed by atoms with van der Waals surface area (Å²) >= 11 is 9.28. The molecule has 0 aromatic heterocycles. The van der Waals surface area contributed by atoms with Crippen molar-refractivity contribution in [3.8, 4) is 5.75 Å². The molecule has 2 aromatic carbocycles. The van der Waals surface area contributed by atoms with E-state index in [2.05, 4.69) is 15.9 Å². The van der Waals surface area contributed by atoms with Crippen molar-refractivity contribution in [3.63, 3.8) is 0 Å². The summed E-state index contributed by atoms with van der Waals surface area (Å²) in [5, 5.41) is 0.587. The van der Waals surface area contributed by atoms with Gasteiger partial charge >= 0.3 is 0 Å². The number of aryl methyl sites for hydroxylation is 2. The van der Waals surface area contributed by atoms with Gasteiger partial charge in [0.05, 0.1) is 12.1 Å². The Hall–Kier alpha value is -1.32. The molecule has 0 aliphatic rings. The van der Waals surface area contributed by atoms with Crippen molar-refractivity contribution >= 4 is 33.3 Å². The second-order valence-electron chi connectivity index (χ2n) is 4.60. The van der Waals surface area contributed by atoms with Gasteiger partial charge in [0.25, 0.3) is 0 Å². The number of benzene rings is 2. The van der Waals surface area contributed by atoms with Crippen molar-refractivity contribution in [2.45, 2.75) is 13.8 Å². The summed E-state index contributed by atoms with van der Waals surface area (Å²) in [6.07, 6.45) is 0. The van der Waals surface area contributed by atoms with Gasteiger partial charge in [-0.05, 0) is 71.2 Å². The third kappa shape index (κ3) is 2.89. The largest absolute Gasteiger partial charge is 0.496 e. The molecule has 2 nitrogen and oxygen atoms in total. The Labute approximate surface area is 131 Å². The number of ether oxygens (including phenoxy) is 1. The number of carbonyl (C=O) groups excluding carboxylic acids is 1. The van der Waals surface area contributed by atoms with Crippen LogP contribution in [0, 0.1) is 13.8 Å². The van der Waals surface area contributed by atoms with Crippen LogP contribution in [0.25, 0.3) is 0 Å². The predicted octanol–water partition coefficient (Wildman–Crippen LogP) is 4.96. The number of hydrogen-bond donors (Lipinski definition) is 0. The number of hydrogen-bond acceptors (Lipinski definition) is 2. The molecule has 0 aliphatic heterocycles. The number of rotatable bonds is 3. The van der Waals surface area contributed by atoms with Crippen LogP contribution in [0.15, 0.2) is 34.8 Å². The molecule has 2 rings (SSSR count). The van der Waals surface area contributed by atoms with Crippen molar-refractivity contribution in [1.82, 2.24) is 0 Å². The first-order valence-electron chi connectivity index (χ1n) is 6.09. The average Bonchev–Trinajstić information content (AvgIpc) is 2.40. The van der Waals surface area contributed by atoms with Crippen molar-refractivity contribution in [3.05, 3.63) is 62.1 Å². The molecule has 104 valence electrons. The summed E-state index contributed by atoms with van der Waals surface area (Å²) in [6, 6.07) is 8.86. The highest BCUT2D eigenvalue weighted by Gasteiger charge is 2.14. The zero-order chi connectivity index (χ0) is 14.9. The molecule has 4 heteroatoms. The standard InChI is InChI=1S/C16H14BrClO2/c1-9-6-12(7-10(2)16(9)20-3)15(19)11-4-5-14(18)13(17)8-11/h4-8H,1-3H3. The lowest BCUT2D eigenvalue weighted by molar-refractivity contribution is 0.103. The SMILES string of the molecule is COc1c(C)cc(C(=O)c2ccc(Cl)c(Br)c2)cc1C. The maximum absolute atomic E-state index is 12.5. The fraction of sp³-hybridized carbons (Fsp3) is 0.188. The van der Waals surface area contributed by atoms with E-state index in [0.29, 0.717) is 20.6 Å². The van der Waals surface area contributed by atoms with Gasteiger partial charge in [0.2, 0.25) is 0 Å². The van der Waals surface area contributed by atoms with E-state index in [1.807, 2.05) is 26.0 Å². The van der Waals surface area contributed by atoms with Gasteiger partial charge in [-0.1, -0.05) is 11.6 Å². The molecule has 20 heavy (non-hydrogen) atoms. The third-order valence-electron chi connectivity index (χ3n) is 3.11. The Kier molecular flexibility index (Phi) is 4.51. The van der Waals surface area contributed by atoms with Crippen molar-refractivity contribution in [2.24, 2.45) is 0 Å². The van der Waals surface area contributed by atoms with Gasteiger partial charge in [-0.15, -0.1) is 0 Å². The quantitative estimate of drug-likeness (QED) is 0.729. The van der Waals surface area contributed by atoms with E-state index in [1.165, 1.54) is 0 Å². The molecule has 0 saturated heterocycles. The first kappa shape index (κ1) is 15.1. The fourth-order valence-electron chi connectivity index (χ4n) is 2.21. The van der Waals surface area contributed by atoms with E-state index in [9.17, 15) is 4.79 Å². The van der Waals surface area contributed by atoms with Crippen LogP contribution >= 0.6 is 27.5 Å². The van der Waals surface area contributed by atoms with Crippen molar-refractivity contribution in [2.75, 3.05) is 7.11 Å². The van der Waals surface area contributed by atoms with E-state index in [4.69, 9.17) is 16.3 Å². The molecule has 0 fully saturated rings. The van der Waals surface area contributed by atoms with Crippen LogP contribution in [0.5, 0.6) is 5.75 Å². The fourth-order valence-corrected chi connectivity index (χ4v) is 2.70. The first-order chi connectivity index (χ1) is 9.43. The Morgan fingerprint density at radius 2 is 1.70 bits per heavy atom. The smallest absolute Gasteiger partial charge is 0.193 e. The molecule has 0 amide bonds. The summed E-state index contributed by atoms with van der Waals surface area (Å²) in [5.41, 5.74) is 3.15. The molecule has 0 radical (unpaired) electrons. The lowest BCUT2D eigenvalue weighted by Gasteiger charge is -2.11. The van der Waals surface area contributed by atoms with E-state index in [-0.39, 0.29) is 5.78 Å². The van der Waals surface area contributed by atoms with Gasteiger partial charge in [0.15, 0.2) is 5.78 Å². The molecule has 0 atom stereocenters. The summed E-state index contributed by atoms with van der Waals surface area (Å²) in [7, 11) is 1.63. The Morgan fingerprint density at radius 3 is 2.20 bits per heavy atom. The van der Waals surface area contributed by atoms with Gasteiger partial charge < -0.3 is 4.74 Å². The number of halogens is 2. The summed E-state index contributed by atoms with van der Waals surface area (Å²) in [6.45, 7) is 3.86. The molecule has 0 unspecified atom stereocenters. The Balaban J connectivity index is 2.45. The highest BCUT2D eigenvalue weighted by atomic mass is 79.9. The van der Waals surface area contributed by atoms with Crippen LogP contribution < -0.4 is 4.74 Å². The van der Waals surface area contributed by atoms with Crippen LogP contribution in [-0.4, -0.2) is 12.9 Å². The zero-order valence-corrected chi connectivity index (χ0v) is 13.8. The van der Waals surface area contributed by atoms with Gasteiger partial charge in [-0.25, -0.2) is 0 Å². The molecule has 0 saturated carbocycles. The van der Waals surface area contributed by atoms with Crippen LogP contribution in [0.2, 0.25) is 5.02 Å². The molecule has 0 heterocycles. The highest BCUT2D eigenvalue weighted by molar-refractivity contribution is 9.10. The van der Waals surface area contributed by atoms with E-state index in [0.717, 1.165) is 16.9 Å². The molecule has 0 aliphatic carbocycles. The van der Waals surface area contributed by atoms with Gasteiger partial charge in [0.1, 0.15) is 5.75 Å². The molecule has 2 aromatic rings. The van der Waals surface area contributed by atoms with Gasteiger partial charge in [-0.3, -0.25) is 4.79 Å². The average molecular weight is 354 g/mol. The second kappa shape index (κ2) is 5.98. The minimum absolute atomic E-state index is 0.0313. The Morgan fingerprint density at radius 1 is 1.10 bits per heavy atom. The van der Waals surface area contributed by atoms with Crippen molar-refractivity contribution < 1.29 is 9.53 Å². The second-order valence-corrected chi connectivity index (χ2v) is 5.86. The summed E-state index contributed by atoms with van der Waals surface area (Å²) in [4.78, 5) is 12.5. The molecule has 0 N–H and O–H groups in total. The van der Waals surface area contributed by atoms with Gasteiger partial charge in [-0.2, -0.15) is 0 Å². The monoisotopic (exact) mass is 352 g/mol. The van der Waals surface area contributed by atoms with E-state index < -0.39 is 0 Å². The van der Waals surface area contributed by atoms with E-state index in [1.54, 1.807) is 25.3 Å². The molecule has 0 spiro atoms. The maximum atomic E-state index is 12.5. The van der Waals surface area contributed by atoms with Crippen LogP contribution in [0.1, 0.15) is 27.0 Å². The van der Waals surface area contributed by atoms with Crippen molar-refractivity contribution in [1.29, 1.82) is 0 Å². The number of carbonyl (C=O) groups is 1. The lowest BCUT2D eigenvalue weighted by Crippen LogP contribution is -2.03. The zero-order valence-electron chi connectivity index (χ0n) is 11.5. The minimum atomic E-state index is -0.0313. The minimum Gasteiger partial charge on any atom is -0.496 e. The normalized spacial score (nSPS) is 10.4. The summed E-state index contributed by atoms with van der Waals surface area (Å²) in [5.74, 6) is 0.787. The highest BCUT2D eigenvalue weighted by Crippen LogP contribution is 2.27. The molecular weight excluding hydrogens is 340 g/mol. The topological polar surface area (TPSA) is 26.3 Å². The summed E-state index contributed by atoms with van der Waals surface area (Å²) < 4.78 is 6.03. The lowest BCUT2D eigenvalue weighted by atomic mass is 9.98. The van der Waals surface area contributed by atoms with E-state index >= 15 is 0 Å². The Bertz CT molecular complexity index is 657. The first-order valence-corrected chi connectivity index (χ1v) is 7.26. The van der Waals surface area contributed by atoms with Gasteiger partial charge in [0, 0.05) is 15.6 Å².